The molecular formula is C19H25ClN2O2. The van der Waals surface area contributed by atoms with Crippen LogP contribution >= 0.6 is 11.6 Å². The number of amides is 1. The van der Waals surface area contributed by atoms with Crippen LogP contribution in [0.5, 0.6) is 0 Å². The highest BCUT2D eigenvalue weighted by Crippen LogP contribution is 2.13. The highest BCUT2D eigenvalue weighted by molar-refractivity contribution is 6.30. The summed E-state index contributed by atoms with van der Waals surface area (Å²) < 4.78 is 5.07. The quantitative estimate of drug-likeness (QED) is 0.779. The van der Waals surface area contributed by atoms with Gasteiger partial charge in [0.25, 0.3) is 0 Å². The van der Waals surface area contributed by atoms with Gasteiger partial charge in [0.2, 0.25) is 0 Å². The Kier molecular flexibility index (Phi) is 7.42. The largest absolute Gasteiger partial charge is 0.450 e. The second-order valence-corrected chi connectivity index (χ2v) is 6.24. The molecule has 1 saturated heterocycles. The Morgan fingerprint density at radius 1 is 1.29 bits per heavy atom. The summed E-state index contributed by atoms with van der Waals surface area (Å²) in [6.45, 7) is 7.46. The van der Waals surface area contributed by atoms with E-state index in [1.165, 1.54) is 0 Å². The van der Waals surface area contributed by atoms with Crippen molar-refractivity contribution < 1.29 is 9.53 Å². The number of hydrogen-bond acceptors (Lipinski definition) is 3. The Morgan fingerprint density at radius 3 is 2.67 bits per heavy atom. The van der Waals surface area contributed by atoms with E-state index in [0.717, 1.165) is 31.5 Å². The molecule has 1 fully saturated rings. The Balaban J connectivity index is 1.98. The van der Waals surface area contributed by atoms with Crippen molar-refractivity contribution in [2.75, 3.05) is 32.8 Å². The molecule has 0 N–H and O–H groups in total. The number of piperazine rings is 1. The van der Waals surface area contributed by atoms with Crippen LogP contribution in [0, 0.1) is 11.8 Å². The van der Waals surface area contributed by atoms with Crippen LogP contribution in [0.4, 0.5) is 4.79 Å². The molecule has 1 aromatic rings. The number of hydrogen-bond donors (Lipinski definition) is 0. The molecule has 0 bridgehead atoms. The lowest BCUT2D eigenvalue weighted by molar-refractivity contribution is 0.0724. The van der Waals surface area contributed by atoms with E-state index in [0.29, 0.717) is 24.7 Å². The summed E-state index contributed by atoms with van der Waals surface area (Å²) in [7, 11) is 0. The van der Waals surface area contributed by atoms with Gasteiger partial charge >= 0.3 is 6.09 Å². The van der Waals surface area contributed by atoms with Crippen LogP contribution in [0.1, 0.15) is 32.3 Å². The van der Waals surface area contributed by atoms with Crippen molar-refractivity contribution in [3.8, 4) is 11.8 Å². The molecular weight excluding hydrogens is 324 g/mol. The van der Waals surface area contributed by atoms with Crippen molar-refractivity contribution in [2.24, 2.45) is 0 Å². The topological polar surface area (TPSA) is 32.8 Å². The maximum absolute atomic E-state index is 11.8. The predicted octanol–water partition coefficient (Wildman–Crippen LogP) is 3.63. The highest BCUT2D eigenvalue weighted by Gasteiger charge is 2.25. The van der Waals surface area contributed by atoms with E-state index in [2.05, 4.69) is 23.7 Å². The van der Waals surface area contributed by atoms with Gasteiger partial charge in [-0.2, -0.15) is 0 Å². The smallest absolute Gasteiger partial charge is 0.409 e. The number of nitrogens with zero attached hydrogens (tertiary/aromatic N) is 2. The number of carbonyl (C=O) groups excluding carboxylic acids is 1. The Bertz CT molecular complexity index is 601. The fraction of sp³-hybridized carbons (Fsp3) is 0.526. The molecule has 0 aromatic heterocycles. The number of rotatable bonds is 4. The fourth-order valence-corrected chi connectivity index (χ4v) is 2.97. The van der Waals surface area contributed by atoms with Crippen LogP contribution in [0.15, 0.2) is 24.3 Å². The molecule has 2 rings (SSSR count). The van der Waals surface area contributed by atoms with E-state index in [-0.39, 0.29) is 12.1 Å². The first-order valence-electron chi connectivity index (χ1n) is 8.57. The molecule has 0 spiro atoms. The van der Waals surface area contributed by atoms with Crippen molar-refractivity contribution in [2.45, 2.75) is 32.7 Å². The Labute approximate surface area is 149 Å². The summed E-state index contributed by atoms with van der Waals surface area (Å²) >= 11 is 6.01. The van der Waals surface area contributed by atoms with Crippen LogP contribution < -0.4 is 0 Å². The molecule has 0 aliphatic carbocycles. The van der Waals surface area contributed by atoms with Crippen molar-refractivity contribution in [1.29, 1.82) is 0 Å². The first kappa shape index (κ1) is 18.6. The molecule has 1 unspecified atom stereocenters. The lowest BCUT2D eigenvalue weighted by Gasteiger charge is -2.36. The van der Waals surface area contributed by atoms with E-state index in [1.807, 2.05) is 31.2 Å². The average molecular weight is 349 g/mol. The van der Waals surface area contributed by atoms with Crippen LogP contribution in [0.3, 0.4) is 0 Å². The molecule has 1 aromatic carbocycles. The van der Waals surface area contributed by atoms with Crippen molar-refractivity contribution in [3.05, 3.63) is 34.9 Å². The number of halogens is 1. The highest BCUT2D eigenvalue weighted by atomic mass is 35.5. The molecule has 1 aliphatic heterocycles. The minimum atomic E-state index is -0.214. The molecule has 1 amide bonds. The van der Waals surface area contributed by atoms with E-state index < -0.39 is 0 Å². The van der Waals surface area contributed by atoms with Crippen LogP contribution in [0.25, 0.3) is 0 Å². The maximum atomic E-state index is 11.8. The summed E-state index contributed by atoms with van der Waals surface area (Å²) in [5.41, 5.74) is 0.939. The average Bonchev–Trinajstić information content (AvgIpc) is 2.59. The summed E-state index contributed by atoms with van der Waals surface area (Å²) in [5, 5.41) is 0.705. The van der Waals surface area contributed by atoms with E-state index in [4.69, 9.17) is 16.3 Å². The van der Waals surface area contributed by atoms with Gasteiger partial charge in [-0.05, 0) is 31.5 Å². The van der Waals surface area contributed by atoms with E-state index in [1.54, 1.807) is 4.90 Å². The fourth-order valence-electron chi connectivity index (χ4n) is 2.78. The van der Waals surface area contributed by atoms with Crippen molar-refractivity contribution in [3.63, 3.8) is 0 Å². The third kappa shape index (κ3) is 5.43. The zero-order valence-corrected chi connectivity index (χ0v) is 15.2. The van der Waals surface area contributed by atoms with Crippen LogP contribution in [-0.2, 0) is 4.74 Å². The van der Waals surface area contributed by atoms with Gasteiger partial charge in [-0.3, -0.25) is 4.90 Å². The monoisotopic (exact) mass is 348 g/mol. The third-order valence-electron chi connectivity index (χ3n) is 4.05. The molecule has 1 atom stereocenters. The summed E-state index contributed by atoms with van der Waals surface area (Å²) in [6.07, 6.45) is 1.88. The minimum Gasteiger partial charge on any atom is -0.450 e. The standard InChI is InChI=1S/C19H25ClN2O2/c1-3-6-18(10-9-16-7-5-8-17(20)15-16)21-11-13-22(14-12-21)19(23)24-4-2/h5,7-8,15,18H,3-4,6,11-14H2,1-2H3. The normalized spacial score (nSPS) is 16.2. The van der Waals surface area contributed by atoms with Crippen molar-refractivity contribution >= 4 is 17.7 Å². The summed E-state index contributed by atoms with van der Waals surface area (Å²) in [6, 6.07) is 7.83. The van der Waals surface area contributed by atoms with Crippen molar-refractivity contribution in [1.82, 2.24) is 9.80 Å². The van der Waals surface area contributed by atoms with Gasteiger partial charge in [0.15, 0.2) is 0 Å². The lowest BCUT2D eigenvalue weighted by Crippen LogP contribution is -2.51. The molecule has 5 heteroatoms. The van der Waals surface area contributed by atoms with E-state index >= 15 is 0 Å². The molecule has 0 radical (unpaired) electrons. The lowest BCUT2D eigenvalue weighted by atomic mass is 10.1. The Hall–Kier alpha value is -1.70. The van der Waals surface area contributed by atoms with Gasteiger partial charge in [0.05, 0.1) is 12.6 Å². The molecule has 4 nitrogen and oxygen atoms in total. The SMILES string of the molecule is CCCC(C#Cc1cccc(Cl)c1)N1CCN(C(=O)OCC)CC1. The first-order chi connectivity index (χ1) is 11.6. The maximum Gasteiger partial charge on any atom is 0.409 e. The summed E-state index contributed by atoms with van der Waals surface area (Å²) in [4.78, 5) is 15.9. The molecule has 0 saturated carbocycles. The van der Waals surface area contributed by atoms with Gasteiger partial charge in [-0.25, -0.2) is 4.79 Å². The zero-order chi connectivity index (χ0) is 17.4. The third-order valence-corrected chi connectivity index (χ3v) is 4.29. The van der Waals surface area contributed by atoms with Gasteiger partial charge in [0.1, 0.15) is 0 Å². The van der Waals surface area contributed by atoms with E-state index in [9.17, 15) is 4.79 Å². The Morgan fingerprint density at radius 2 is 2.04 bits per heavy atom. The molecule has 130 valence electrons. The number of ether oxygens (including phenoxy) is 1. The van der Waals surface area contributed by atoms with Gasteiger partial charge in [-0.1, -0.05) is 42.9 Å². The van der Waals surface area contributed by atoms with Gasteiger partial charge in [-0.15, -0.1) is 0 Å². The minimum absolute atomic E-state index is 0.207. The summed E-state index contributed by atoms with van der Waals surface area (Å²) in [5.74, 6) is 6.63. The number of carbonyl (C=O) groups is 1. The molecule has 1 aliphatic rings. The number of benzene rings is 1. The van der Waals surface area contributed by atoms with Crippen LogP contribution in [0.2, 0.25) is 5.02 Å². The molecule has 1 heterocycles. The predicted molar refractivity (Wildman–Crippen MR) is 97.2 cm³/mol. The second kappa shape index (κ2) is 9.56. The zero-order valence-electron chi connectivity index (χ0n) is 14.4. The van der Waals surface area contributed by atoms with Gasteiger partial charge in [0, 0.05) is 36.8 Å². The first-order valence-corrected chi connectivity index (χ1v) is 8.94. The van der Waals surface area contributed by atoms with Crippen LogP contribution in [-0.4, -0.2) is 54.7 Å². The molecule has 24 heavy (non-hydrogen) atoms. The second-order valence-electron chi connectivity index (χ2n) is 5.81. The van der Waals surface area contributed by atoms with Gasteiger partial charge < -0.3 is 9.64 Å².